The quantitative estimate of drug-likeness (QED) is 0.408. The molecular weight excluding hydrogens is 428 g/mol. The first kappa shape index (κ1) is 24.6. The maximum absolute atomic E-state index is 11.8. The molecule has 0 bridgehead atoms. The van der Waals surface area contributed by atoms with E-state index in [1.54, 1.807) is 7.11 Å². The second-order valence-corrected chi connectivity index (χ2v) is 16.9. The first-order valence-electron chi connectivity index (χ1n) is 12.3. The average Bonchev–Trinajstić information content (AvgIpc) is 3.09. The molecule has 0 aromatic carbocycles. The Morgan fingerprint density at radius 1 is 1.06 bits per heavy atom. The summed E-state index contributed by atoms with van der Waals surface area (Å²) in [6, 6.07) is 0. The van der Waals surface area contributed by atoms with Crippen LogP contribution in [0.25, 0.3) is 0 Å². The van der Waals surface area contributed by atoms with Crippen LogP contribution < -0.4 is 0 Å². The number of methoxy groups -OCH3 is 1. The van der Waals surface area contributed by atoms with E-state index in [9.17, 15) is 4.79 Å². The minimum absolute atomic E-state index is 0.0476. The van der Waals surface area contributed by atoms with E-state index in [0.29, 0.717) is 36.1 Å². The Morgan fingerprint density at radius 3 is 2.19 bits per heavy atom. The third kappa shape index (κ3) is 3.69. The van der Waals surface area contributed by atoms with Gasteiger partial charge in [0.15, 0.2) is 5.79 Å². The van der Waals surface area contributed by atoms with Gasteiger partial charge < -0.3 is 28.1 Å². The van der Waals surface area contributed by atoms with Gasteiger partial charge in [0.25, 0.3) is 0 Å². The molecule has 0 radical (unpaired) electrons. The summed E-state index contributed by atoms with van der Waals surface area (Å²) in [5.41, 5.74) is 0.804. The molecule has 3 heterocycles. The highest BCUT2D eigenvalue weighted by molar-refractivity contribution is 6.77. The van der Waals surface area contributed by atoms with Crippen molar-refractivity contribution in [2.75, 3.05) is 13.7 Å². The molecule has 4 rings (SSSR count). The Kier molecular flexibility index (Phi) is 6.39. The molecule has 7 nitrogen and oxygen atoms in total. The summed E-state index contributed by atoms with van der Waals surface area (Å²) < 4.78 is 37.8. The summed E-state index contributed by atoms with van der Waals surface area (Å²) in [7, 11) is -0.460. The lowest BCUT2D eigenvalue weighted by Crippen LogP contribution is -2.64. The number of hydrogen-bond donors (Lipinski definition) is 0. The first-order valence-corrected chi connectivity index (χ1v) is 14.4. The molecule has 0 spiro atoms. The molecule has 4 aliphatic rings. The average molecular weight is 471 g/mol. The van der Waals surface area contributed by atoms with Crippen LogP contribution in [-0.4, -0.2) is 69.9 Å². The van der Waals surface area contributed by atoms with Crippen molar-refractivity contribution in [3.8, 4) is 0 Å². The molecule has 32 heavy (non-hydrogen) atoms. The van der Waals surface area contributed by atoms with Crippen molar-refractivity contribution in [1.82, 2.24) is 0 Å². The van der Waals surface area contributed by atoms with E-state index in [1.165, 1.54) is 0 Å². The second-order valence-electron chi connectivity index (χ2n) is 11.4. The predicted molar refractivity (Wildman–Crippen MR) is 122 cm³/mol. The zero-order chi connectivity index (χ0) is 23.6. The molecule has 0 aromatic heterocycles. The third-order valence-corrected chi connectivity index (χ3v) is 14.5. The van der Waals surface area contributed by atoms with E-state index in [2.05, 4.69) is 41.5 Å². The van der Waals surface area contributed by atoms with Gasteiger partial charge in [-0.15, -0.1) is 0 Å². The van der Waals surface area contributed by atoms with E-state index in [4.69, 9.17) is 28.1 Å². The lowest BCUT2D eigenvalue weighted by molar-refractivity contribution is -0.349. The van der Waals surface area contributed by atoms with Gasteiger partial charge in [0.05, 0.1) is 25.2 Å². The second kappa shape index (κ2) is 8.31. The zero-order valence-corrected chi connectivity index (χ0v) is 22.2. The Hall–Kier alpha value is -0.513. The van der Waals surface area contributed by atoms with Crippen LogP contribution in [0.1, 0.15) is 68.2 Å². The fraction of sp³-hybridized carbons (Fsp3) is 0.958. The van der Waals surface area contributed by atoms with Crippen molar-refractivity contribution in [2.45, 2.75) is 127 Å². The molecule has 184 valence electrons. The van der Waals surface area contributed by atoms with Crippen molar-refractivity contribution in [2.24, 2.45) is 5.92 Å². The van der Waals surface area contributed by atoms with Gasteiger partial charge in [0.1, 0.15) is 23.9 Å². The summed E-state index contributed by atoms with van der Waals surface area (Å²) in [5.74, 6) is -0.779. The normalized spacial score (nSPS) is 41.1. The molecule has 1 saturated carbocycles. The molecule has 3 saturated heterocycles. The fourth-order valence-electron chi connectivity index (χ4n) is 6.99. The zero-order valence-electron chi connectivity index (χ0n) is 21.2. The number of carbonyl (C=O) groups is 1. The summed E-state index contributed by atoms with van der Waals surface area (Å²) in [6.07, 6.45) is 0.0314. The summed E-state index contributed by atoms with van der Waals surface area (Å²) in [5, 5.41) is 0. The van der Waals surface area contributed by atoms with Crippen molar-refractivity contribution >= 4 is 14.3 Å². The van der Waals surface area contributed by atoms with Gasteiger partial charge in [-0.1, -0.05) is 41.5 Å². The standard InChI is InChI=1S/C24H42O7Si/c1-13(2)32(14(3)4,15(5)6)31-17-11-19(24(26-9)16-10-20(25)29-22(16)24)28-18-12-27-23(7,8)30-21(17)18/h13-19,21-22H,10-12H2,1-9H3/t16?,17-,18?,19-,21+,22?,24?/m1/s1. The van der Waals surface area contributed by atoms with Crippen LogP contribution in [0, 0.1) is 5.92 Å². The number of fused-ring (bicyclic) bond motifs is 2. The minimum Gasteiger partial charge on any atom is -0.459 e. The topological polar surface area (TPSA) is 72.5 Å². The van der Waals surface area contributed by atoms with Crippen LogP contribution in [0.15, 0.2) is 0 Å². The van der Waals surface area contributed by atoms with Crippen LogP contribution in [0.4, 0.5) is 0 Å². The number of carbonyl (C=O) groups excluding carboxylic acids is 1. The van der Waals surface area contributed by atoms with Gasteiger partial charge in [-0.25, -0.2) is 0 Å². The van der Waals surface area contributed by atoms with Crippen LogP contribution in [0.3, 0.4) is 0 Å². The number of rotatable bonds is 7. The van der Waals surface area contributed by atoms with Gasteiger partial charge in [-0.3, -0.25) is 4.79 Å². The van der Waals surface area contributed by atoms with E-state index >= 15 is 0 Å². The van der Waals surface area contributed by atoms with Crippen LogP contribution in [-0.2, 0) is 32.9 Å². The third-order valence-electron chi connectivity index (χ3n) is 8.38. The smallest absolute Gasteiger partial charge is 0.306 e. The van der Waals surface area contributed by atoms with E-state index in [-0.39, 0.29) is 42.4 Å². The SMILES string of the molecule is COC1([C@H]2C[C@@H](O[Si](C(C)C)(C(C)C)C(C)C)[C@@H]3OC(C)(C)OCC3O2)C2CC(=O)OC21. The van der Waals surface area contributed by atoms with Gasteiger partial charge in [0.2, 0.25) is 8.32 Å². The molecule has 4 unspecified atom stereocenters. The summed E-state index contributed by atoms with van der Waals surface area (Å²) in [6.45, 7) is 18.2. The Labute approximate surface area is 193 Å². The highest BCUT2D eigenvalue weighted by atomic mass is 28.4. The predicted octanol–water partition coefficient (Wildman–Crippen LogP) is 4.19. The maximum atomic E-state index is 11.8. The lowest BCUT2D eigenvalue weighted by atomic mass is 9.91. The molecule has 0 aromatic rings. The molecule has 3 aliphatic heterocycles. The highest BCUT2D eigenvalue weighted by Crippen LogP contribution is 2.60. The highest BCUT2D eigenvalue weighted by Gasteiger charge is 2.77. The molecule has 7 atom stereocenters. The number of hydrogen-bond acceptors (Lipinski definition) is 7. The fourth-order valence-corrected chi connectivity index (χ4v) is 12.6. The van der Waals surface area contributed by atoms with Crippen molar-refractivity contribution in [3.63, 3.8) is 0 Å². The van der Waals surface area contributed by atoms with E-state index < -0.39 is 19.7 Å². The van der Waals surface area contributed by atoms with Gasteiger partial charge in [-0.05, 0) is 30.5 Å². The monoisotopic (exact) mass is 470 g/mol. The lowest BCUT2D eigenvalue weighted by Gasteiger charge is -2.53. The van der Waals surface area contributed by atoms with E-state index in [0.717, 1.165) is 0 Å². The first-order chi connectivity index (χ1) is 14.9. The van der Waals surface area contributed by atoms with Crippen LogP contribution in [0.5, 0.6) is 0 Å². The van der Waals surface area contributed by atoms with Crippen molar-refractivity contribution in [1.29, 1.82) is 0 Å². The van der Waals surface area contributed by atoms with Gasteiger partial charge in [0, 0.05) is 19.4 Å². The molecule has 0 N–H and O–H groups in total. The molecular formula is C24H42O7Si. The molecule has 4 fully saturated rings. The van der Waals surface area contributed by atoms with Gasteiger partial charge >= 0.3 is 5.97 Å². The number of esters is 1. The molecule has 8 heteroatoms. The van der Waals surface area contributed by atoms with Crippen molar-refractivity contribution < 1.29 is 32.9 Å². The summed E-state index contributed by atoms with van der Waals surface area (Å²) >= 11 is 0. The van der Waals surface area contributed by atoms with Crippen LogP contribution >= 0.6 is 0 Å². The van der Waals surface area contributed by atoms with Crippen molar-refractivity contribution in [3.05, 3.63) is 0 Å². The Bertz CT molecular complexity index is 685. The molecule has 0 amide bonds. The molecule has 1 aliphatic carbocycles. The number of ether oxygens (including phenoxy) is 5. The van der Waals surface area contributed by atoms with Gasteiger partial charge in [-0.2, -0.15) is 0 Å². The maximum Gasteiger partial charge on any atom is 0.306 e. The Morgan fingerprint density at radius 2 is 1.69 bits per heavy atom. The minimum atomic E-state index is -2.16. The Balaban J connectivity index is 1.65. The summed E-state index contributed by atoms with van der Waals surface area (Å²) in [4.78, 5) is 11.8. The van der Waals surface area contributed by atoms with E-state index in [1.807, 2.05) is 13.8 Å². The van der Waals surface area contributed by atoms with Crippen LogP contribution in [0.2, 0.25) is 16.6 Å². The largest absolute Gasteiger partial charge is 0.459 e.